The third-order valence-electron chi connectivity index (χ3n) is 5.02. The molecule has 0 bridgehead atoms. The third-order valence-corrected chi connectivity index (χ3v) is 5.02. The molecule has 0 spiro atoms. The number of benzene rings is 1. The maximum Gasteiger partial charge on any atom is 0.0450 e. The van der Waals surface area contributed by atoms with Crippen molar-refractivity contribution in [3.63, 3.8) is 0 Å². The molecule has 2 heteroatoms. The van der Waals surface area contributed by atoms with E-state index in [1.165, 1.54) is 18.4 Å². The second-order valence-electron chi connectivity index (χ2n) is 6.72. The van der Waals surface area contributed by atoms with Crippen LogP contribution in [0, 0.1) is 5.92 Å². The molecule has 2 nitrogen and oxygen atoms in total. The van der Waals surface area contributed by atoms with E-state index >= 15 is 0 Å². The molecule has 2 aliphatic rings. The summed E-state index contributed by atoms with van der Waals surface area (Å²) in [5, 5.41) is 3.79. The summed E-state index contributed by atoms with van der Waals surface area (Å²) < 4.78 is 0. The maximum atomic E-state index is 3.79. The zero-order chi connectivity index (χ0) is 13.5. The average Bonchev–Trinajstić information content (AvgIpc) is 3.24. The number of rotatable bonds is 3. The summed E-state index contributed by atoms with van der Waals surface area (Å²) in [5.41, 5.74) is 1.78. The number of piperazine rings is 1. The van der Waals surface area contributed by atoms with Crippen LogP contribution in [0.15, 0.2) is 30.3 Å². The van der Waals surface area contributed by atoms with Crippen molar-refractivity contribution >= 4 is 0 Å². The normalized spacial score (nSPS) is 32.7. The quantitative estimate of drug-likeness (QED) is 0.895. The van der Waals surface area contributed by atoms with Crippen LogP contribution in [0.25, 0.3) is 0 Å². The molecule has 0 radical (unpaired) electrons. The lowest BCUT2D eigenvalue weighted by Gasteiger charge is -2.51. The summed E-state index contributed by atoms with van der Waals surface area (Å²) in [5.74, 6) is 0.902. The lowest BCUT2D eigenvalue weighted by Crippen LogP contribution is -2.63. The standard InChI is InChI=1S/C17H26N2/c1-13(2)19-11-16(14-7-5-4-6-8-14)18-12-17(19,3)15-9-10-15/h4-8,13,15-16,18H,9-12H2,1-3H3. The van der Waals surface area contributed by atoms with Crippen molar-refractivity contribution in [2.45, 2.75) is 51.2 Å². The van der Waals surface area contributed by atoms with Crippen LogP contribution >= 0.6 is 0 Å². The van der Waals surface area contributed by atoms with Crippen molar-refractivity contribution in [2.24, 2.45) is 5.92 Å². The van der Waals surface area contributed by atoms with Crippen molar-refractivity contribution < 1.29 is 0 Å². The summed E-state index contributed by atoms with van der Waals surface area (Å²) in [6.45, 7) is 9.39. The number of hydrogen-bond donors (Lipinski definition) is 1. The maximum absolute atomic E-state index is 3.79. The van der Waals surface area contributed by atoms with E-state index in [0.717, 1.165) is 19.0 Å². The molecule has 1 saturated heterocycles. The van der Waals surface area contributed by atoms with Crippen LogP contribution in [0.5, 0.6) is 0 Å². The number of hydrogen-bond acceptors (Lipinski definition) is 2. The van der Waals surface area contributed by atoms with E-state index < -0.39 is 0 Å². The van der Waals surface area contributed by atoms with E-state index in [9.17, 15) is 0 Å². The molecule has 1 heterocycles. The SMILES string of the molecule is CC(C)N1CC(c2ccccc2)NCC1(C)C1CC1. The van der Waals surface area contributed by atoms with E-state index in [4.69, 9.17) is 0 Å². The van der Waals surface area contributed by atoms with Crippen LogP contribution in [-0.4, -0.2) is 29.6 Å². The largest absolute Gasteiger partial charge is 0.307 e. The third kappa shape index (κ3) is 2.44. The molecule has 0 amide bonds. The highest BCUT2D eigenvalue weighted by molar-refractivity contribution is 5.21. The van der Waals surface area contributed by atoms with Gasteiger partial charge in [-0.2, -0.15) is 0 Å². The van der Waals surface area contributed by atoms with Crippen LogP contribution in [0.4, 0.5) is 0 Å². The Bertz CT molecular complexity index is 424. The molecule has 0 aromatic heterocycles. The summed E-state index contributed by atoms with van der Waals surface area (Å²) in [4.78, 5) is 2.73. The Kier molecular flexibility index (Phi) is 3.40. The van der Waals surface area contributed by atoms with E-state index in [-0.39, 0.29) is 0 Å². The molecule has 2 fully saturated rings. The van der Waals surface area contributed by atoms with Crippen LogP contribution < -0.4 is 5.32 Å². The fourth-order valence-corrected chi connectivity index (χ4v) is 3.69. The van der Waals surface area contributed by atoms with Gasteiger partial charge in [0.2, 0.25) is 0 Å². The van der Waals surface area contributed by atoms with Gasteiger partial charge < -0.3 is 5.32 Å². The molecular formula is C17H26N2. The zero-order valence-corrected chi connectivity index (χ0v) is 12.4. The van der Waals surface area contributed by atoms with Gasteiger partial charge in [-0.1, -0.05) is 30.3 Å². The van der Waals surface area contributed by atoms with Gasteiger partial charge in [0.25, 0.3) is 0 Å². The molecule has 2 unspecified atom stereocenters. The first kappa shape index (κ1) is 13.1. The minimum absolute atomic E-state index is 0.361. The van der Waals surface area contributed by atoms with Crippen molar-refractivity contribution in [3.8, 4) is 0 Å². The van der Waals surface area contributed by atoms with Gasteiger partial charge in [-0.25, -0.2) is 0 Å². The molecule has 1 aromatic carbocycles. The molecule has 1 aliphatic heterocycles. The summed E-state index contributed by atoms with van der Waals surface area (Å²) in [6.07, 6.45) is 2.83. The molecule has 2 atom stereocenters. The minimum atomic E-state index is 0.361. The van der Waals surface area contributed by atoms with Gasteiger partial charge in [0.1, 0.15) is 0 Å². The Morgan fingerprint density at radius 2 is 1.89 bits per heavy atom. The minimum Gasteiger partial charge on any atom is -0.307 e. The van der Waals surface area contributed by atoms with Crippen LogP contribution in [0.3, 0.4) is 0 Å². The Labute approximate surface area is 117 Å². The second-order valence-corrected chi connectivity index (χ2v) is 6.72. The van der Waals surface area contributed by atoms with Gasteiger partial charge in [-0.3, -0.25) is 4.90 Å². The van der Waals surface area contributed by atoms with Gasteiger partial charge >= 0.3 is 0 Å². The molecule has 19 heavy (non-hydrogen) atoms. The summed E-state index contributed by atoms with van der Waals surface area (Å²) in [7, 11) is 0. The van der Waals surface area contributed by atoms with E-state index in [1.807, 2.05) is 0 Å². The number of nitrogens with zero attached hydrogens (tertiary/aromatic N) is 1. The average molecular weight is 258 g/mol. The molecule has 1 saturated carbocycles. The van der Waals surface area contributed by atoms with E-state index in [0.29, 0.717) is 17.6 Å². The summed E-state index contributed by atoms with van der Waals surface area (Å²) in [6, 6.07) is 12.0. The fraction of sp³-hybridized carbons (Fsp3) is 0.647. The second kappa shape index (κ2) is 4.92. The zero-order valence-electron chi connectivity index (χ0n) is 12.4. The summed E-state index contributed by atoms with van der Waals surface area (Å²) >= 11 is 0. The Balaban J connectivity index is 1.80. The molecule has 1 aliphatic carbocycles. The molecular weight excluding hydrogens is 232 g/mol. The monoisotopic (exact) mass is 258 g/mol. The Morgan fingerprint density at radius 3 is 2.47 bits per heavy atom. The highest BCUT2D eigenvalue weighted by Crippen LogP contribution is 2.45. The lowest BCUT2D eigenvalue weighted by atomic mass is 9.87. The number of nitrogens with one attached hydrogen (secondary N) is 1. The molecule has 1 aromatic rings. The van der Waals surface area contributed by atoms with Crippen molar-refractivity contribution in [1.82, 2.24) is 10.2 Å². The van der Waals surface area contributed by atoms with Crippen LogP contribution in [-0.2, 0) is 0 Å². The Hall–Kier alpha value is -0.860. The van der Waals surface area contributed by atoms with Gasteiger partial charge in [-0.15, -0.1) is 0 Å². The first-order chi connectivity index (χ1) is 9.11. The van der Waals surface area contributed by atoms with Gasteiger partial charge in [0.15, 0.2) is 0 Å². The van der Waals surface area contributed by atoms with Crippen molar-refractivity contribution in [3.05, 3.63) is 35.9 Å². The highest BCUT2D eigenvalue weighted by atomic mass is 15.3. The predicted octanol–water partition coefficient (Wildman–Crippen LogP) is 3.21. The van der Waals surface area contributed by atoms with Crippen LogP contribution in [0.1, 0.15) is 45.2 Å². The van der Waals surface area contributed by atoms with E-state index in [2.05, 4.69) is 61.3 Å². The lowest BCUT2D eigenvalue weighted by molar-refractivity contribution is 0.00892. The smallest absolute Gasteiger partial charge is 0.0450 e. The van der Waals surface area contributed by atoms with Gasteiger partial charge in [0.05, 0.1) is 0 Å². The first-order valence-corrected chi connectivity index (χ1v) is 7.66. The van der Waals surface area contributed by atoms with Gasteiger partial charge in [-0.05, 0) is 45.1 Å². The molecule has 3 rings (SSSR count). The topological polar surface area (TPSA) is 15.3 Å². The first-order valence-electron chi connectivity index (χ1n) is 7.66. The highest BCUT2D eigenvalue weighted by Gasteiger charge is 2.49. The van der Waals surface area contributed by atoms with Crippen molar-refractivity contribution in [2.75, 3.05) is 13.1 Å². The van der Waals surface area contributed by atoms with Crippen LogP contribution in [0.2, 0.25) is 0 Å². The van der Waals surface area contributed by atoms with Crippen molar-refractivity contribution in [1.29, 1.82) is 0 Å². The predicted molar refractivity (Wildman–Crippen MR) is 80.2 cm³/mol. The molecule has 1 N–H and O–H groups in total. The Morgan fingerprint density at radius 1 is 1.21 bits per heavy atom. The molecule has 104 valence electrons. The van der Waals surface area contributed by atoms with Gasteiger partial charge in [0, 0.05) is 30.7 Å². The van der Waals surface area contributed by atoms with E-state index in [1.54, 1.807) is 0 Å². The fourth-order valence-electron chi connectivity index (χ4n) is 3.69.